The maximum Gasteiger partial charge on any atom is 0.472 e. The van der Waals surface area contributed by atoms with Crippen molar-refractivity contribution in [3.63, 3.8) is 0 Å². The standard InChI is InChI=1S/C36H69O10P/c1-3-5-7-9-11-13-15-16-18-19-21-23-25-27-35(39)43-31-34(32-45-47(41,42)44-30-33(38)29-37)46-36(40)28-26-24-22-20-17-14-12-10-8-6-4-2/h13,15,33-34,37-38H,3-12,14,16-32H2,1-2H3,(H,41,42)/b15-13-. The highest BCUT2D eigenvalue weighted by molar-refractivity contribution is 7.47. The Morgan fingerprint density at radius 2 is 1.04 bits per heavy atom. The van der Waals surface area contributed by atoms with Gasteiger partial charge in [0, 0.05) is 12.8 Å². The number of ether oxygens (including phenoxy) is 2. The molecule has 0 aliphatic heterocycles. The van der Waals surface area contributed by atoms with Crippen molar-refractivity contribution >= 4 is 19.8 Å². The fourth-order valence-corrected chi connectivity index (χ4v) is 5.78. The van der Waals surface area contributed by atoms with Gasteiger partial charge in [-0.05, 0) is 38.5 Å². The number of phosphoric acid groups is 1. The number of carbonyl (C=O) groups excluding carboxylic acids is 2. The molecule has 0 aromatic carbocycles. The Labute approximate surface area is 286 Å². The minimum atomic E-state index is -4.60. The highest BCUT2D eigenvalue weighted by atomic mass is 31.2. The molecule has 11 heteroatoms. The Kier molecular flexibility index (Phi) is 32.3. The summed E-state index contributed by atoms with van der Waals surface area (Å²) in [5.41, 5.74) is 0. The maximum absolute atomic E-state index is 12.5. The molecule has 0 fully saturated rings. The summed E-state index contributed by atoms with van der Waals surface area (Å²) in [7, 11) is -4.60. The topological polar surface area (TPSA) is 149 Å². The molecule has 0 radical (unpaired) electrons. The van der Waals surface area contributed by atoms with Gasteiger partial charge in [-0.25, -0.2) is 4.57 Å². The second kappa shape index (κ2) is 33.2. The molecule has 0 saturated carbocycles. The molecule has 0 aromatic heterocycles. The summed E-state index contributed by atoms with van der Waals surface area (Å²) >= 11 is 0. The molecule has 0 aromatic rings. The first-order valence-electron chi connectivity index (χ1n) is 18.6. The predicted octanol–water partition coefficient (Wildman–Crippen LogP) is 8.89. The molecule has 0 spiro atoms. The maximum atomic E-state index is 12.5. The number of aliphatic hydroxyl groups excluding tert-OH is 2. The van der Waals surface area contributed by atoms with Crippen molar-refractivity contribution in [2.75, 3.05) is 26.4 Å². The average Bonchev–Trinajstić information content (AvgIpc) is 3.05. The molecule has 0 heterocycles. The number of aliphatic hydroxyl groups is 2. The molecule has 47 heavy (non-hydrogen) atoms. The van der Waals surface area contributed by atoms with Crippen molar-refractivity contribution in [2.24, 2.45) is 0 Å². The molecular weight excluding hydrogens is 623 g/mol. The normalized spacial score (nSPS) is 14.2. The third-order valence-electron chi connectivity index (χ3n) is 7.92. The first-order valence-corrected chi connectivity index (χ1v) is 20.1. The van der Waals surface area contributed by atoms with Gasteiger partial charge in [-0.1, -0.05) is 129 Å². The lowest BCUT2D eigenvalue weighted by atomic mass is 10.1. The van der Waals surface area contributed by atoms with E-state index in [0.717, 1.165) is 57.8 Å². The molecule has 10 nitrogen and oxygen atoms in total. The van der Waals surface area contributed by atoms with Crippen molar-refractivity contribution in [3.05, 3.63) is 12.2 Å². The zero-order valence-electron chi connectivity index (χ0n) is 29.8. The fraction of sp³-hybridized carbons (Fsp3) is 0.889. The zero-order valence-corrected chi connectivity index (χ0v) is 30.6. The fourth-order valence-electron chi connectivity index (χ4n) is 4.99. The largest absolute Gasteiger partial charge is 0.472 e. The van der Waals surface area contributed by atoms with Gasteiger partial charge in [0.15, 0.2) is 6.10 Å². The number of allylic oxidation sites excluding steroid dienone is 2. The van der Waals surface area contributed by atoms with Crippen molar-refractivity contribution in [1.82, 2.24) is 0 Å². The van der Waals surface area contributed by atoms with Crippen molar-refractivity contribution in [2.45, 2.75) is 180 Å². The number of unbranched alkanes of at least 4 members (excludes halogenated alkanes) is 19. The first-order chi connectivity index (χ1) is 22.7. The molecule has 0 saturated heterocycles. The smallest absolute Gasteiger partial charge is 0.462 e. The van der Waals surface area contributed by atoms with Crippen LogP contribution < -0.4 is 0 Å². The van der Waals surface area contributed by atoms with Crippen LogP contribution in [0.25, 0.3) is 0 Å². The van der Waals surface area contributed by atoms with Crippen LogP contribution in [0.3, 0.4) is 0 Å². The van der Waals surface area contributed by atoms with E-state index in [1.54, 1.807) is 0 Å². The second-order valence-electron chi connectivity index (χ2n) is 12.6. The van der Waals surface area contributed by atoms with Gasteiger partial charge in [0.2, 0.25) is 0 Å². The van der Waals surface area contributed by atoms with E-state index < -0.39 is 51.8 Å². The molecule has 0 rings (SSSR count). The number of carbonyl (C=O) groups is 2. The van der Waals surface area contributed by atoms with Crippen LogP contribution in [0.1, 0.15) is 168 Å². The minimum Gasteiger partial charge on any atom is -0.462 e. The van der Waals surface area contributed by atoms with Crippen LogP contribution in [0.4, 0.5) is 0 Å². The van der Waals surface area contributed by atoms with Crippen molar-refractivity contribution in [1.29, 1.82) is 0 Å². The van der Waals surface area contributed by atoms with Gasteiger partial charge in [0.1, 0.15) is 12.7 Å². The monoisotopic (exact) mass is 692 g/mol. The predicted molar refractivity (Wildman–Crippen MR) is 187 cm³/mol. The summed E-state index contributed by atoms with van der Waals surface area (Å²) in [5.74, 6) is -0.932. The lowest BCUT2D eigenvalue weighted by Crippen LogP contribution is -2.29. The molecule has 3 unspecified atom stereocenters. The molecular formula is C36H69O10P. The molecule has 3 atom stereocenters. The van der Waals surface area contributed by atoms with Gasteiger partial charge in [0.05, 0.1) is 19.8 Å². The Morgan fingerprint density at radius 3 is 1.55 bits per heavy atom. The molecule has 0 aliphatic carbocycles. The number of esters is 2. The van der Waals surface area contributed by atoms with Crippen LogP contribution in [0.5, 0.6) is 0 Å². The summed E-state index contributed by atoms with van der Waals surface area (Å²) in [6.07, 6.45) is 27.5. The zero-order chi connectivity index (χ0) is 34.9. The number of hydrogen-bond donors (Lipinski definition) is 3. The summed E-state index contributed by atoms with van der Waals surface area (Å²) in [6, 6.07) is 0. The summed E-state index contributed by atoms with van der Waals surface area (Å²) in [4.78, 5) is 34.7. The third kappa shape index (κ3) is 33.0. The Bertz CT molecular complexity index is 807. The van der Waals surface area contributed by atoms with E-state index >= 15 is 0 Å². The van der Waals surface area contributed by atoms with Crippen molar-refractivity contribution < 1.29 is 47.8 Å². The van der Waals surface area contributed by atoms with Crippen LogP contribution >= 0.6 is 7.82 Å². The van der Waals surface area contributed by atoms with Crippen LogP contribution in [-0.4, -0.2) is 65.7 Å². The minimum absolute atomic E-state index is 0.187. The Morgan fingerprint density at radius 1 is 0.617 bits per heavy atom. The van der Waals surface area contributed by atoms with Gasteiger partial charge in [-0.15, -0.1) is 0 Å². The summed E-state index contributed by atoms with van der Waals surface area (Å²) in [6.45, 7) is 2.33. The SMILES string of the molecule is CCCCCC/C=C\CCCCCCCC(=O)OCC(COP(=O)(O)OCC(O)CO)OC(=O)CCCCCCCCCCCCC. The summed E-state index contributed by atoms with van der Waals surface area (Å²) in [5, 5.41) is 18.2. The second-order valence-corrected chi connectivity index (χ2v) is 14.1. The summed E-state index contributed by atoms with van der Waals surface area (Å²) < 4.78 is 32.5. The van der Waals surface area contributed by atoms with E-state index in [2.05, 4.69) is 30.5 Å². The van der Waals surface area contributed by atoms with E-state index in [-0.39, 0.29) is 19.4 Å². The molecule has 0 aliphatic rings. The average molecular weight is 693 g/mol. The van der Waals surface area contributed by atoms with Gasteiger partial charge in [-0.3, -0.25) is 18.6 Å². The van der Waals surface area contributed by atoms with Gasteiger partial charge < -0.3 is 24.6 Å². The number of phosphoric ester groups is 1. The van der Waals surface area contributed by atoms with E-state index in [1.807, 2.05) is 0 Å². The number of hydrogen-bond acceptors (Lipinski definition) is 9. The lowest BCUT2D eigenvalue weighted by Gasteiger charge is -2.20. The van der Waals surface area contributed by atoms with E-state index in [4.69, 9.17) is 19.1 Å². The van der Waals surface area contributed by atoms with E-state index in [0.29, 0.717) is 12.8 Å². The highest BCUT2D eigenvalue weighted by Gasteiger charge is 2.27. The van der Waals surface area contributed by atoms with Crippen LogP contribution in [-0.2, 0) is 32.7 Å². The van der Waals surface area contributed by atoms with Gasteiger partial charge in [-0.2, -0.15) is 0 Å². The van der Waals surface area contributed by atoms with Crippen molar-refractivity contribution in [3.8, 4) is 0 Å². The molecule has 3 N–H and O–H groups in total. The van der Waals surface area contributed by atoms with Gasteiger partial charge in [0.25, 0.3) is 0 Å². The molecule has 278 valence electrons. The highest BCUT2D eigenvalue weighted by Crippen LogP contribution is 2.43. The quantitative estimate of drug-likeness (QED) is 0.0254. The Hall–Kier alpha value is -1.29. The van der Waals surface area contributed by atoms with Crippen LogP contribution in [0, 0.1) is 0 Å². The van der Waals surface area contributed by atoms with Crippen LogP contribution in [0.2, 0.25) is 0 Å². The van der Waals surface area contributed by atoms with E-state index in [1.165, 1.54) is 70.6 Å². The number of rotatable bonds is 35. The van der Waals surface area contributed by atoms with Gasteiger partial charge >= 0.3 is 19.8 Å². The van der Waals surface area contributed by atoms with Crippen LogP contribution in [0.15, 0.2) is 12.2 Å². The third-order valence-corrected chi connectivity index (χ3v) is 8.87. The lowest BCUT2D eigenvalue weighted by molar-refractivity contribution is -0.161. The first kappa shape index (κ1) is 45.7. The Balaban J connectivity index is 4.38. The molecule has 0 bridgehead atoms. The molecule has 0 amide bonds. The van der Waals surface area contributed by atoms with E-state index in [9.17, 15) is 24.2 Å².